The number of hydrogen-bond acceptors (Lipinski definition) is 5. The van der Waals surface area contributed by atoms with Crippen LogP contribution in [0.4, 0.5) is 0 Å². The van der Waals surface area contributed by atoms with Gasteiger partial charge in [-0.05, 0) is 18.4 Å². The lowest BCUT2D eigenvalue weighted by Crippen LogP contribution is -2.46. The average Bonchev–Trinajstić information content (AvgIpc) is 2.83. The van der Waals surface area contributed by atoms with E-state index in [9.17, 15) is 4.79 Å². The van der Waals surface area contributed by atoms with Gasteiger partial charge in [-0.1, -0.05) is 6.07 Å². The Hall–Kier alpha value is -0.950. The van der Waals surface area contributed by atoms with Gasteiger partial charge in [0.1, 0.15) is 6.04 Å². The van der Waals surface area contributed by atoms with Crippen molar-refractivity contribution in [2.45, 2.75) is 25.3 Å². The predicted molar refractivity (Wildman–Crippen MR) is 66.7 cm³/mol. The van der Waals surface area contributed by atoms with Gasteiger partial charge in [-0.15, -0.1) is 11.3 Å². The molecule has 0 fully saturated rings. The molecule has 1 aromatic rings. The molecule has 0 spiro atoms. The van der Waals surface area contributed by atoms with Gasteiger partial charge in [0.05, 0.1) is 6.04 Å². The van der Waals surface area contributed by atoms with E-state index in [1.54, 1.807) is 6.92 Å². The molecule has 1 heterocycles. The molecular formula is C11H18N2O3S. The fourth-order valence-electron chi connectivity index (χ4n) is 1.48. The van der Waals surface area contributed by atoms with Crippen molar-refractivity contribution in [1.29, 1.82) is 0 Å². The average molecular weight is 258 g/mol. The summed E-state index contributed by atoms with van der Waals surface area (Å²) in [4.78, 5) is 12.7. The normalized spacial score (nSPS) is 14.6. The topological polar surface area (TPSA) is 73.6 Å². The largest absolute Gasteiger partial charge is 0.354 e. The summed E-state index contributed by atoms with van der Waals surface area (Å²) in [5, 5.41) is 4.65. The highest BCUT2D eigenvalue weighted by Crippen LogP contribution is 2.17. The molecule has 0 aliphatic heterocycles. The first-order valence-corrected chi connectivity index (χ1v) is 6.13. The number of methoxy groups -OCH3 is 2. The molecule has 96 valence electrons. The summed E-state index contributed by atoms with van der Waals surface area (Å²) in [6, 6.07) is 2.79. The maximum Gasteiger partial charge on any atom is 0.242 e. The molecule has 0 radical (unpaired) electrons. The van der Waals surface area contributed by atoms with Crippen LogP contribution in [0, 0.1) is 0 Å². The van der Waals surface area contributed by atoms with Gasteiger partial charge in [0.15, 0.2) is 6.29 Å². The minimum absolute atomic E-state index is 0.237. The van der Waals surface area contributed by atoms with E-state index < -0.39 is 12.3 Å². The van der Waals surface area contributed by atoms with Crippen molar-refractivity contribution in [3.63, 3.8) is 0 Å². The van der Waals surface area contributed by atoms with E-state index in [1.165, 1.54) is 25.6 Å². The first-order chi connectivity index (χ1) is 8.10. The van der Waals surface area contributed by atoms with Crippen LogP contribution < -0.4 is 11.1 Å². The molecule has 5 nitrogen and oxygen atoms in total. The van der Waals surface area contributed by atoms with Crippen molar-refractivity contribution in [3.8, 4) is 0 Å². The third-order valence-electron chi connectivity index (χ3n) is 2.37. The smallest absolute Gasteiger partial charge is 0.242 e. The van der Waals surface area contributed by atoms with Crippen molar-refractivity contribution < 1.29 is 14.3 Å². The molecule has 17 heavy (non-hydrogen) atoms. The van der Waals surface area contributed by atoms with Crippen LogP contribution in [0.1, 0.15) is 17.8 Å². The number of amides is 1. The molecule has 0 aliphatic carbocycles. The number of carbonyl (C=O) groups is 1. The lowest BCUT2D eigenvalue weighted by Gasteiger charge is -2.23. The number of carbonyl (C=O) groups excluding carboxylic acids is 1. The molecule has 0 saturated carbocycles. The monoisotopic (exact) mass is 258 g/mol. The highest BCUT2D eigenvalue weighted by Gasteiger charge is 2.22. The number of rotatable bonds is 6. The predicted octanol–water partition coefficient (Wildman–Crippen LogP) is 0.872. The lowest BCUT2D eigenvalue weighted by atomic mass is 10.2. The molecular weight excluding hydrogens is 240 g/mol. The van der Waals surface area contributed by atoms with Gasteiger partial charge < -0.3 is 20.5 Å². The Morgan fingerprint density at radius 2 is 2.12 bits per heavy atom. The standard InChI is InChI=1S/C11H18N2O3S/c1-7(11(15-2)16-3)13-10(14)9(12)8-5-4-6-17-8/h4-7,9,11H,12H2,1-3H3,(H,13,14). The van der Waals surface area contributed by atoms with Gasteiger partial charge in [-0.3, -0.25) is 4.79 Å². The molecule has 1 aromatic heterocycles. The maximum absolute atomic E-state index is 11.8. The zero-order valence-electron chi connectivity index (χ0n) is 10.2. The first kappa shape index (κ1) is 14.1. The molecule has 2 atom stereocenters. The third-order valence-corrected chi connectivity index (χ3v) is 3.33. The minimum Gasteiger partial charge on any atom is -0.354 e. The number of nitrogens with two attached hydrogens (primary N) is 1. The molecule has 0 aromatic carbocycles. The second kappa shape index (κ2) is 6.70. The van der Waals surface area contributed by atoms with Crippen LogP contribution >= 0.6 is 11.3 Å². The molecule has 1 amide bonds. The van der Waals surface area contributed by atoms with E-state index in [2.05, 4.69) is 5.32 Å². The van der Waals surface area contributed by atoms with Gasteiger partial charge in [0.2, 0.25) is 5.91 Å². The quantitative estimate of drug-likeness (QED) is 0.743. The summed E-state index contributed by atoms with van der Waals surface area (Å²) in [6.45, 7) is 1.80. The summed E-state index contributed by atoms with van der Waals surface area (Å²) in [5.74, 6) is -0.237. The highest BCUT2D eigenvalue weighted by atomic mass is 32.1. The van der Waals surface area contributed by atoms with Crippen LogP contribution in [0.15, 0.2) is 17.5 Å². The van der Waals surface area contributed by atoms with Crippen LogP contribution in [-0.2, 0) is 14.3 Å². The Balaban J connectivity index is 2.54. The van der Waals surface area contributed by atoms with E-state index in [0.717, 1.165) is 4.88 Å². The Morgan fingerprint density at radius 1 is 1.47 bits per heavy atom. The summed E-state index contributed by atoms with van der Waals surface area (Å²) in [6.07, 6.45) is -0.477. The first-order valence-electron chi connectivity index (χ1n) is 5.25. The van der Waals surface area contributed by atoms with E-state index in [4.69, 9.17) is 15.2 Å². The van der Waals surface area contributed by atoms with Crippen LogP contribution in [0.25, 0.3) is 0 Å². The van der Waals surface area contributed by atoms with Crippen LogP contribution in [0.2, 0.25) is 0 Å². The molecule has 0 aliphatic rings. The summed E-state index contributed by atoms with van der Waals surface area (Å²) < 4.78 is 10.1. The van der Waals surface area contributed by atoms with E-state index in [-0.39, 0.29) is 11.9 Å². The van der Waals surface area contributed by atoms with E-state index >= 15 is 0 Å². The summed E-state index contributed by atoms with van der Waals surface area (Å²) >= 11 is 1.46. The number of nitrogens with one attached hydrogen (secondary N) is 1. The Bertz CT molecular complexity index is 338. The van der Waals surface area contributed by atoms with Crippen LogP contribution in [0.5, 0.6) is 0 Å². The SMILES string of the molecule is COC(OC)C(C)NC(=O)C(N)c1cccs1. The van der Waals surface area contributed by atoms with Gasteiger partial charge >= 0.3 is 0 Å². The number of ether oxygens (including phenoxy) is 2. The fraction of sp³-hybridized carbons (Fsp3) is 0.545. The van der Waals surface area contributed by atoms with Crippen LogP contribution in [-0.4, -0.2) is 32.5 Å². The van der Waals surface area contributed by atoms with Gasteiger partial charge in [-0.25, -0.2) is 0 Å². The summed E-state index contributed by atoms with van der Waals surface area (Å²) in [7, 11) is 3.05. The van der Waals surface area contributed by atoms with Crippen LogP contribution in [0.3, 0.4) is 0 Å². The second-order valence-corrected chi connectivity index (χ2v) is 4.61. The number of thiophene rings is 1. The van der Waals surface area contributed by atoms with Crippen molar-refractivity contribution in [2.24, 2.45) is 5.73 Å². The highest BCUT2D eigenvalue weighted by molar-refractivity contribution is 7.10. The van der Waals surface area contributed by atoms with Crippen molar-refractivity contribution in [1.82, 2.24) is 5.32 Å². The molecule has 6 heteroatoms. The third kappa shape index (κ3) is 3.78. The Morgan fingerprint density at radius 3 is 2.59 bits per heavy atom. The summed E-state index contributed by atoms with van der Waals surface area (Å²) in [5.41, 5.74) is 5.83. The molecule has 2 unspecified atom stereocenters. The molecule has 3 N–H and O–H groups in total. The minimum atomic E-state index is -0.646. The van der Waals surface area contributed by atoms with Gasteiger partial charge in [0.25, 0.3) is 0 Å². The zero-order valence-corrected chi connectivity index (χ0v) is 11.0. The van der Waals surface area contributed by atoms with E-state index in [0.29, 0.717) is 0 Å². The fourth-order valence-corrected chi connectivity index (χ4v) is 2.21. The maximum atomic E-state index is 11.8. The molecule has 0 saturated heterocycles. The van der Waals surface area contributed by atoms with Gasteiger partial charge in [0, 0.05) is 19.1 Å². The molecule has 1 rings (SSSR count). The second-order valence-electron chi connectivity index (χ2n) is 3.63. The number of hydrogen-bond donors (Lipinski definition) is 2. The van der Waals surface area contributed by atoms with E-state index in [1.807, 2.05) is 17.5 Å². The Kier molecular flexibility index (Phi) is 5.57. The molecule has 0 bridgehead atoms. The Labute approximate surface area is 105 Å². The lowest BCUT2D eigenvalue weighted by molar-refractivity contribution is -0.136. The van der Waals surface area contributed by atoms with Crippen molar-refractivity contribution in [2.75, 3.05) is 14.2 Å². The van der Waals surface area contributed by atoms with Crippen molar-refractivity contribution in [3.05, 3.63) is 22.4 Å². The van der Waals surface area contributed by atoms with Gasteiger partial charge in [-0.2, -0.15) is 0 Å². The van der Waals surface area contributed by atoms with Crippen molar-refractivity contribution >= 4 is 17.2 Å². The zero-order chi connectivity index (χ0) is 12.8.